The van der Waals surface area contributed by atoms with Crippen LogP contribution < -0.4 is 5.32 Å². The molecule has 30 heavy (non-hydrogen) atoms. The number of carbonyl (C=O) groups excluding carboxylic acids is 2. The molecule has 1 N–H and O–H groups in total. The molecule has 2 unspecified atom stereocenters. The normalized spacial score (nSPS) is 22.9. The minimum absolute atomic E-state index is 0.125. The van der Waals surface area contributed by atoms with E-state index in [0.29, 0.717) is 17.7 Å². The Morgan fingerprint density at radius 3 is 2.00 bits per heavy atom. The first kappa shape index (κ1) is 25.6. The second-order valence-electron chi connectivity index (χ2n) is 10.4. The third kappa shape index (κ3) is 10.6. The largest absolute Gasteiger partial charge is 0.314 e. The Kier molecular flexibility index (Phi) is 12.9. The lowest BCUT2D eigenvalue weighted by Crippen LogP contribution is -2.38. The van der Waals surface area contributed by atoms with Crippen LogP contribution in [-0.4, -0.2) is 24.7 Å². The summed E-state index contributed by atoms with van der Waals surface area (Å²) >= 11 is 0. The van der Waals surface area contributed by atoms with E-state index in [1.165, 1.54) is 89.8 Å². The number of ketones is 1. The molecule has 2 saturated carbocycles. The number of carbonyl (C=O) groups is 2. The number of hydrogen-bond acceptors (Lipinski definition) is 3. The molecule has 0 saturated heterocycles. The second-order valence-corrected chi connectivity index (χ2v) is 10.4. The van der Waals surface area contributed by atoms with Crippen molar-refractivity contribution < 1.29 is 9.59 Å². The Morgan fingerprint density at radius 2 is 1.47 bits per heavy atom. The molecule has 2 rings (SSSR count). The zero-order valence-electron chi connectivity index (χ0n) is 19.9. The zero-order valence-corrected chi connectivity index (χ0v) is 19.9. The van der Waals surface area contributed by atoms with Crippen molar-refractivity contribution in [3.05, 3.63) is 0 Å². The van der Waals surface area contributed by atoms with Crippen LogP contribution in [0.4, 0.5) is 0 Å². The maximum Gasteiger partial charge on any atom is 0.136 e. The zero-order chi connectivity index (χ0) is 21.5. The number of nitrogens with one attached hydrogen (secondary N) is 1. The smallest absolute Gasteiger partial charge is 0.136 e. The van der Waals surface area contributed by atoms with E-state index >= 15 is 0 Å². The van der Waals surface area contributed by atoms with Gasteiger partial charge in [-0.1, -0.05) is 84.0 Å². The van der Waals surface area contributed by atoms with Crippen LogP contribution in [0.25, 0.3) is 0 Å². The van der Waals surface area contributed by atoms with Gasteiger partial charge in [0.1, 0.15) is 12.1 Å². The number of aldehydes is 1. The predicted molar refractivity (Wildman–Crippen MR) is 127 cm³/mol. The summed E-state index contributed by atoms with van der Waals surface area (Å²) < 4.78 is 0. The molecule has 0 aromatic rings. The third-order valence-electron chi connectivity index (χ3n) is 7.57. The maximum absolute atomic E-state index is 12.2. The molecule has 0 aromatic heterocycles. The van der Waals surface area contributed by atoms with E-state index in [4.69, 9.17) is 0 Å². The van der Waals surface area contributed by atoms with Crippen molar-refractivity contribution in [3.63, 3.8) is 0 Å². The van der Waals surface area contributed by atoms with Crippen molar-refractivity contribution >= 4 is 12.1 Å². The van der Waals surface area contributed by atoms with Gasteiger partial charge in [0.15, 0.2) is 0 Å². The van der Waals surface area contributed by atoms with E-state index in [1.54, 1.807) is 0 Å². The summed E-state index contributed by atoms with van der Waals surface area (Å²) in [4.78, 5) is 23.1. The topological polar surface area (TPSA) is 46.2 Å². The first-order chi connectivity index (χ1) is 14.7. The summed E-state index contributed by atoms with van der Waals surface area (Å²) in [7, 11) is 0. The molecular weight excluding hydrogens is 370 g/mol. The standard InChI is InChI=1S/C27H49NO2/c1-2-21-28-25-16-17-26(30)24(22-25)15-13-11-9-7-5-3-4-6-8-10-12-14-18-27(23-29)19-20-27/h23-25,28H,2-22H2,1H3. The van der Waals surface area contributed by atoms with Crippen molar-refractivity contribution in [1.82, 2.24) is 5.32 Å². The van der Waals surface area contributed by atoms with E-state index in [-0.39, 0.29) is 5.41 Å². The van der Waals surface area contributed by atoms with E-state index in [2.05, 4.69) is 12.2 Å². The van der Waals surface area contributed by atoms with Gasteiger partial charge in [0.2, 0.25) is 0 Å². The lowest BCUT2D eigenvalue weighted by atomic mass is 9.81. The van der Waals surface area contributed by atoms with E-state index in [1.807, 2.05) is 0 Å². The average Bonchev–Trinajstić information content (AvgIpc) is 3.54. The fraction of sp³-hybridized carbons (Fsp3) is 0.926. The van der Waals surface area contributed by atoms with Crippen LogP contribution >= 0.6 is 0 Å². The first-order valence-corrected chi connectivity index (χ1v) is 13.4. The molecule has 174 valence electrons. The highest BCUT2D eigenvalue weighted by Crippen LogP contribution is 2.47. The monoisotopic (exact) mass is 419 g/mol. The summed E-state index contributed by atoms with van der Waals surface area (Å²) in [5, 5.41) is 3.62. The molecule has 0 bridgehead atoms. The average molecular weight is 420 g/mol. The van der Waals surface area contributed by atoms with Gasteiger partial charge in [-0.05, 0) is 51.5 Å². The second kappa shape index (κ2) is 15.2. The Morgan fingerprint density at radius 1 is 0.900 bits per heavy atom. The fourth-order valence-corrected chi connectivity index (χ4v) is 5.15. The number of Topliss-reactive ketones (excluding diaryl/α,β-unsaturated/α-hetero) is 1. The Labute approximate surface area is 186 Å². The van der Waals surface area contributed by atoms with Gasteiger partial charge >= 0.3 is 0 Å². The Bertz CT molecular complexity index is 471. The summed E-state index contributed by atoms with van der Waals surface area (Å²) in [5.74, 6) is 0.863. The van der Waals surface area contributed by atoms with Crippen LogP contribution in [0.2, 0.25) is 0 Å². The summed E-state index contributed by atoms with van der Waals surface area (Å²) in [6.07, 6.45) is 26.0. The van der Waals surface area contributed by atoms with Gasteiger partial charge in [-0.25, -0.2) is 0 Å². The van der Waals surface area contributed by atoms with E-state index in [9.17, 15) is 9.59 Å². The molecular formula is C27H49NO2. The molecule has 3 nitrogen and oxygen atoms in total. The summed E-state index contributed by atoms with van der Waals surface area (Å²) in [6.45, 7) is 3.30. The Balaban J connectivity index is 1.32. The van der Waals surface area contributed by atoms with E-state index < -0.39 is 0 Å². The molecule has 2 atom stereocenters. The number of unbranched alkanes of at least 4 members (excludes halogenated alkanes) is 11. The van der Waals surface area contributed by atoms with Gasteiger partial charge in [-0.3, -0.25) is 4.79 Å². The molecule has 0 spiro atoms. The molecule has 3 heteroatoms. The maximum atomic E-state index is 12.2. The van der Waals surface area contributed by atoms with Gasteiger partial charge in [0.05, 0.1) is 0 Å². The highest BCUT2D eigenvalue weighted by atomic mass is 16.1. The highest BCUT2D eigenvalue weighted by molar-refractivity contribution is 5.81. The molecule has 2 aliphatic carbocycles. The van der Waals surface area contributed by atoms with Crippen molar-refractivity contribution in [2.24, 2.45) is 11.3 Å². The van der Waals surface area contributed by atoms with Crippen molar-refractivity contribution in [3.8, 4) is 0 Å². The minimum atomic E-state index is 0.125. The van der Waals surface area contributed by atoms with Crippen LogP contribution in [0.1, 0.15) is 135 Å². The fourth-order valence-electron chi connectivity index (χ4n) is 5.15. The first-order valence-electron chi connectivity index (χ1n) is 13.4. The van der Waals surface area contributed by atoms with Gasteiger partial charge in [0.25, 0.3) is 0 Å². The van der Waals surface area contributed by atoms with Crippen molar-refractivity contribution in [2.75, 3.05) is 6.54 Å². The number of hydrogen-bond donors (Lipinski definition) is 1. The predicted octanol–water partition coefficient (Wildman–Crippen LogP) is 7.16. The SMILES string of the molecule is CCCNC1CCC(=O)C(CCCCCCCCCCCCCCC2(C=O)CC2)C1. The quantitative estimate of drug-likeness (QED) is 0.178. The van der Waals surface area contributed by atoms with Crippen molar-refractivity contribution in [2.45, 2.75) is 141 Å². The molecule has 2 aliphatic rings. The molecule has 0 aliphatic heterocycles. The molecule has 2 fully saturated rings. The third-order valence-corrected chi connectivity index (χ3v) is 7.57. The van der Waals surface area contributed by atoms with Gasteiger partial charge < -0.3 is 10.1 Å². The van der Waals surface area contributed by atoms with Gasteiger partial charge in [0, 0.05) is 23.8 Å². The highest BCUT2D eigenvalue weighted by Gasteiger charge is 2.41. The van der Waals surface area contributed by atoms with E-state index in [0.717, 1.165) is 51.5 Å². The van der Waals surface area contributed by atoms with Crippen LogP contribution in [0.15, 0.2) is 0 Å². The number of rotatable bonds is 19. The van der Waals surface area contributed by atoms with Crippen LogP contribution in [-0.2, 0) is 9.59 Å². The van der Waals surface area contributed by atoms with Crippen LogP contribution in [0.3, 0.4) is 0 Å². The van der Waals surface area contributed by atoms with Gasteiger partial charge in [-0.2, -0.15) is 0 Å². The Hall–Kier alpha value is -0.700. The van der Waals surface area contributed by atoms with Gasteiger partial charge in [-0.15, -0.1) is 0 Å². The summed E-state index contributed by atoms with van der Waals surface area (Å²) in [5.41, 5.74) is 0.125. The summed E-state index contributed by atoms with van der Waals surface area (Å²) in [6, 6.07) is 0.582. The molecule has 0 aromatic carbocycles. The lowest BCUT2D eigenvalue weighted by molar-refractivity contribution is -0.125. The molecule has 0 amide bonds. The minimum Gasteiger partial charge on any atom is -0.314 e. The lowest BCUT2D eigenvalue weighted by Gasteiger charge is -2.29. The van der Waals surface area contributed by atoms with Crippen LogP contribution in [0, 0.1) is 11.3 Å². The van der Waals surface area contributed by atoms with Crippen molar-refractivity contribution in [1.29, 1.82) is 0 Å². The molecule has 0 radical (unpaired) electrons. The van der Waals surface area contributed by atoms with Crippen LogP contribution in [0.5, 0.6) is 0 Å². The molecule has 0 heterocycles.